The van der Waals surface area contributed by atoms with E-state index in [1.54, 1.807) is 0 Å². The van der Waals surface area contributed by atoms with Gasteiger partial charge in [0.25, 0.3) is 0 Å². The van der Waals surface area contributed by atoms with E-state index in [-0.39, 0.29) is 12.7 Å². The molecule has 0 heterocycles. The molecule has 3 nitrogen and oxygen atoms in total. The summed E-state index contributed by atoms with van der Waals surface area (Å²) in [5.41, 5.74) is 5.76. The summed E-state index contributed by atoms with van der Waals surface area (Å²) in [6, 6.07) is 0.370. The van der Waals surface area contributed by atoms with Gasteiger partial charge in [0, 0.05) is 6.04 Å². The van der Waals surface area contributed by atoms with E-state index in [0.29, 0.717) is 12.1 Å². The molecule has 0 aromatic rings. The Kier molecular flexibility index (Phi) is 3.98. The zero-order valence-electron chi connectivity index (χ0n) is 7.70. The number of ether oxygens (including phenoxy) is 1. The predicted molar refractivity (Wildman–Crippen MR) is 47.9 cm³/mol. The van der Waals surface area contributed by atoms with Gasteiger partial charge >= 0.3 is 0 Å². The number of rotatable bonds is 3. The van der Waals surface area contributed by atoms with Crippen LogP contribution in [0.25, 0.3) is 0 Å². The van der Waals surface area contributed by atoms with Gasteiger partial charge in [0.2, 0.25) is 0 Å². The standard InChI is InChI=1S/C9H19NO2/c1-7(6-11)12-9-4-2-8(10)3-5-9/h7-9,11H,2-6,10H2,1H3/t7-,8?,9?/m0/s1. The highest BCUT2D eigenvalue weighted by atomic mass is 16.5. The van der Waals surface area contributed by atoms with E-state index >= 15 is 0 Å². The van der Waals surface area contributed by atoms with Gasteiger partial charge in [0.1, 0.15) is 0 Å². The van der Waals surface area contributed by atoms with E-state index in [4.69, 9.17) is 15.6 Å². The summed E-state index contributed by atoms with van der Waals surface area (Å²) in [5.74, 6) is 0. The Labute approximate surface area is 73.9 Å². The van der Waals surface area contributed by atoms with Crippen LogP contribution in [0.4, 0.5) is 0 Å². The van der Waals surface area contributed by atoms with Gasteiger partial charge < -0.3 is 15.6 Å². The molecular formula is C9H19NO2. The Balaban J connectivity index is 2.17. The number of hydrogen-bond acceptors (Lipinski definition) is 3. The second-order valence-electron chi connectivity index (χ2n) is 3.67. The smallest absolute Gasteiger partial charge is 0.0781 e. The summed E-state index contributed by atoms with van der Waals surface area (Å²) in [5, 5.41) is 8.77. The molecule has 1 rings (SSSR count). The molecule has 1 aliphatic carbocycles. The second-order valence-corrected chi connectivity index (χ2v) is 3.67. The Morgan fingerprint density at radius 3 is 2.50 bits per heavy atom. The first kappa shape index (κ1) is 9.96. The van der Waals surface area contributed by atoms with Crippen molar-refractivity contribution in [3.8, 4) is 0 Å². The topological polar surface area (TPSA) is 55.5 Å². The molecule has 1 atom stereocenters. The van der Waals surface area contributed by atoms with Crippen molar-refractivity contribution >= 4 is 0 Å². The maximum Gasteiger partial charge on any atom is 0.0781 e. The minimum atomic E-state index is -0.0238. The average molecular weight is 173 g/mol. The van der Waals surface area contributed by atoms with Gasteiger partial charge in [0.15, 0.2) is 0 Å². The largest absolute Gasteiger partial charge is 0.394 e. The maximum atomic E-state index is 8.77. The van der Waals surface area contributed by atoms with Crippen molar-refractivity contribution in [2.45, 2.75) is 50.9 Å². The van der Waals surface area contributed by atoms with E-state index in [9.17, 15) is 0 Å². The van der Waals surface area contributed by atoms with Crippen LogP contribution in [0.5, 0.6) is 0 Å². The molecule has 1 fully saturated rings. The SMILES string of the molecule is C[C@@H](CO)OC1CCC(N)CC1. The third kappa shape index (κ3) is 3.09. The number of nitrogens with two attached hydrogens (primary N) is 1. The van der Waals surface area contributed by atoms with Crippen LogP contribution >= 0.6 is 0 Å². The summed E-state index contributed by atoms with van der Waals surface area (Å²) in [6.07, 6.45) is 4.51. The molecule has 0 aromatic carbocycles. The van der Waals surface area contributed by atoms with Crippen molar-refractivity contribution in [1.29, 1.82) is 0 Å². The molecule has 0 radical (unpaired) electrons. The van der Waals surface area contributed by atoms with Crippen LogP contribution in [0.1, 0.15) is 32.6 Å². The van der Waals surface area contributed by atoms with Crippen LogP contribution in [0.15, 0.2) is 0 Å². The van der Waals surface area contributed by atoms with Crippen LogP contribution in [0.3, 0.4) is 0 Å². The van der Waals surface area contributed by atoms with Crippen molar-refractivity contribution in [3.05, 3.63) is 0 Å². The van der Waals surface area contributed by atoms with E-state index in [0.717, 1.165) is 25.7 Å². The van der Waals surface area contributed by atoms with Gasteiger partial charge in [-0.2, -0.15) is 0 Å². The molecule has 12 heavy (non-hydrogen) atoms. The van der Waals surface area contributed by atoms with Gasteiger partial charge in [-0.25, -0.2) is 0 Å². The van der Waals surface area contributed by atoms with Crippen LogP contribution in [-0.4, -0.2) is 30.0 Å². The molecule has 1 aliphatic rings. The first-order valence-electron chi connectivity index (χ1n) is 4.74. The van der Waals surface area contributed by atoms with Crippen LogP contribution in [0, 0.1) is 0 Å². The van der Waals surface area contributed by atoms with Crippen molar-refractivity contribution < 1.29 is 9.84 Å². The summed E-state index contributed by atoms with van der Waals surface area (Å²) in [6.45, 7) is 2.01. The molecule has 0 saturated heterocycles. The zero-order valence-corrected chi connectivity index (χ0v) is 7.70. The molecule has 0 bridgehead atoms. The highest BCUT2D eigenvalue weighted by Gasteiger charge is 2.20. The molecule has 1 saturated carbocycles. The first-order valence-corrected chi connectivity index (χ1v) is 4.74. The monoisotopic (exact) mass is 173 g/mol. The van der Waals surface area contributed by atoms with Crippen molar-refractivity contribution in [2.24, 2.45) is 5.73 Å². The number of aliphatic hydroxyl groups is 1. The molecular weight excluding hydrogens is 154 g/mol. The normalized spacial score (nSPS) is 33.2. The predicted octanol–water partition coefficient (Wildman–Crippen LogP) is 0.654. The van der Waals surface area contributed by atoms with E-state index in [2.05, 4.69) is 0 Å². The summed E-state index contributed by atoms with van der Waals surface area (Å²) < 4.78 is 5.58. The van der Waals surface area contributed by atoms with Crippen molar-refractivity contribution in [3.63, 3.8) is 0 Å². The lowest BCUT2D eigenvalue weighted by molar-refractivity contribution is -0.0454. The van der Waals surface area contributed by atoms with Crippen molar-refractivity contribution in [2.75, 3.05) is 6.61 Å². The molecule has 0 unspecified atom stereocenters. The fourth-order valence-corrected chi connectivity index (χ4v) is 1.60. The molecule has 3 heteroatoms. The fourth-order valence-electron chi connectivity index (χ4n) is 1.60. The van der Waals surface area contributed by atoms with Gasteiger partial charge in [-0.15, -0.1) is 0 Å². The Morgan fingerprint density at radius 2 is 2.00 bits per heavy atom. The Hall–Kier alpha value is -0.120. The minimum absolute atomic E-state index is 0.0238. The van der Waals surface area contributed by atoms with Gasteiger partial charge in [-0.1, -0.05) is 0 Å². The lowest BCUT2D eigenvalue weighted by Gasteiger charge is -2.28. The molecule has 0 aliphatic heterocycles. The third-order valence-corrected chi connectivity index (χ3v) is 2.40. The lowest BCUT2D eigenvalue weighted by atomic mass is 9.93. The molecule has 72 valence electrons. The van der Waals surface area contributed by atoms with Gasteiger partial charge in [-0.05, 0) is 32.6 Å². The quantitative estimate of drug-likeness (QED) is 0.659. The number of hydrogen-bond donors (Lipinski definition) is 2. The summed E-state index contributed by atoms with van der Waals surface area (Å²) in [7, 11) is 0. The van der Waals surface area contributed by atoms with E-state index in [1.165, 1.54) is 0 Å². The lowest BCUT2D eigenvalue weighted by Crippen LogP contribution is -2.32. The molecule has 0 amide bonds. The molecule has 0 spiro atoms. The van der Waals surface area contributed by atoms with E-state index in [1.807, 2.05) is 6.92 Å². The summed E-state index contributed by atoms with van der Waals surface area (Å²) in [4.78, 5) is 0. The fraction of sp³-hybridized carbons (Fsp3) is 1.00. The second kappa shape index (κ2) is 4.80. The minimum Gasteiger partial charge on any atom is -0.394 e. The highest BCUT2D eigenvalue weighted by Crippen LogP contribution is 2.20. The van der Waals surface area contributed by atoms with Crippen LogP contribution in [0.2, 0.25) is 0 Å². The third-order valence-electron chi connectivity index (χ3n) is 2.40. The molecule has 3 N–H and O–H groups in total. The first-order chi connectivity index (χ1) is 5.72. The van der Waals surface area contributed by atoms with Gasteiger partial charge in [-0.3, -0.25) is 0 Å². The van der Waals surface area contributed by atoms with Crippen LogP contribution < -0.4 is 5.73 Å². The Morgan fingerprint density at radius 1 is 1.42 bits per heavy atom. The van der Waals surface area contributed by atoms with Crippen LogP contribution in [-0.2, 0) is 4.74 Å². The van der Waals surface area contributed by atoms with Gasteiger partial charge in [0.05, 0.1) is 18.8 Å². The number of aliphatic hydroxyl groups excluding tert-OH is 1. The van der Waals surface area contributed by atoms with E-state index < -0.39 is 0 Å². The highest BCUT2D eigenvalue weighted by molar-refractivity contribution is 4.75. The van der Waals surface area contributed by atoms with Crippen molar-refractivity contribution in [1.82, 2.24) is 0 Å². The average Bonchev–Trinajstić information content (AvgIpc) is 2.09. The maximum absolute atomic E-state index is 8.77. The zero-order chi connectivity index (χ0) is 8.97. The molecule has 0 aromatic heterocycles. The summed E-state index contributed by atoms with van der Waals surface area (Å²) >= 11 is 0. The Bertz CT molecular complexity index is 122.